The first-order valence-corrected chi connectivity index (χ1v) is 7.21. The molecule has 17 heavy (non-hydrogen) atoms. The van der Waals surface area contributed by atoms with Gasteiger partial charge >= 0.3 is 0 Å². The second kappa shape index (κ2) is 3.84. The zero-order chi connectivity index (χ0) is 11.2. The zero-order valence-corrected chi connectivity index (χ0v) is 10.3. The first kappa shape index (κ1) is 10.1. The van der Waals surface area contributed by atoms with Gasteiger partial charge in [-0.2, -0.15) is 0 Å². The van der Waals surface area contributed by atoms with Gasteiger partial charge in [0.15, 0.2) is 0 Å². The van der Waals surface area contributed by atoms with Crippen molar-refractivity contribution in [3.8, 4) is 0 Å². The van der Waals surface area contributed by atoms with E-state index in [1.807, 2.05) is 0 Å². The highest BCUT2D eigenvalue weighted by Crippen LogP contribution is 2.47. The molecule has 1 heteroatoms. The molecular weight excluding hydrogens is 206 g/mol. The molecular formula is C16H21N. The molecule has 0 heterocycles. The maximum absolute atomic E-state index is 3.93. The highest BCUT2D eigenvalue weighted by Gasteiger charge is 2.45. The standard InChI is InChI=1S/C16H21N/c1-2-4-12(5-3-1)14-10-16(14)17-15-9-11-6-7-13(15)8-11/h1-5,11,13-17H,6-10H2. The van der Waals surface area contributed by atoms with Crippen LogP contribution in [0.4, 0.5) is 0 Å². The molecule has 0 aliphatic heterocycles. The molecule has 3 saturated carbocycles. The van der Waals surface area contributed by atoms with Crippen LogP contribution in [0.5, 0.6) is 0 Å². The predicted octanol–water partition coefficient (Wildman–Crippen LogP) is 3.32. The summed E-state index contributed by atoms with van der Waals surface area (Å²) in [6.45, 7) is 0. The minimum Gasteiger partial charge on any atom is -0.310 e. The van der Waals surface area contributed by atoms with E-state index in [1.165, 1.54) is 37.7 Å². The SMILES string of the molecule is c1ccc(C2CC2NC2CC3CCC2C3)cc1. The van der Waals surface area contributed by atoms with Gasteiger partial charge < -0.3 is 5.32 Å². The molecule has 0 spiro atoms. The lowest BCUT2D eigenvalue weighted by Crippen LogP contribution is -2.36. The average molecular weight is 227 g/mol. The van der Waals surface area contributed by atoms with Crippen LogP contribution in [0.2, 0.25) is 0 Å². The van der Waals surface area contributed by atoms with Gasteiger partial charge in [-0.1, -0.05) is 36.8 Å². The summed E-state index contributed by atoms with van der Waals surface area (Å²) < 4.78 is 0. The fraction of sp³-hybridized carbons (Fsp3) is 0.625. The van der Waals surface area contributed by atoms with E-state index in [0.29, 0.717) is 0 Å². The summed E-state index contributed by atoms with van der Waals surface area (Å²) in [6, 6.07) is 12.7. The van der Waals surface area contributed by atoms with Crippen molar-refractivity contribution in [3.63, 3.8) is 0 Å². The summed E-state index contributed by atoms with van der Waals surface area (Å²) in [5.74, 6) is 2.87. The molecule has 90 valence electrons. The molecule has 0 aromatic heterocycles. The normalized spacial score (nSPS) is 42.9. The van der Waals surface area contributed by atoms with Crippen LogP contribution in [-0.2, 0) is 0 Å². The molecule has 1 aromatic carbocycles. The molecule has 3 aliphatic carbocycles. The minimum absolute atomic E-state index is 0.779. The summed E-state index contributed by atoms with van der Waals surface area (Å²) in [6.07, 6.45) is 7.33. The highest BCUT2D eigenvalue weighted by molar-refractivity contribution is 5.28. The Morgan fingerprint density at radius 1 is 0.882 bits per heavy atom. The van der Waals surface area contributed by atoms with Crippen molar-refractivity contribution in [1.29, 1.82) is 0 Å². The maximum atomic E-state index is 3.93. The third-order valence-corrected chi connectivity index (χ3v) is 5.18. The number of nitrogens with one attached hydrogen (secondary N) is 1. The Morgan fingerprint density at radius 3 is 2.47 bits per heavy atom. The van der Waals surface area contributed by atoms with Crippen LogP contribution in [-0.4, -0.2) is 12.1 Å². The van der Waals surface area contributed by atoms with Gasteiger partial charge in [0.05, 0.1) is 0 Å². The largest absolute Gasteiger partial charge is 0.310 e. The monoisotopic (exact) mass is 227 g/mol. The van der Waals surface area contributed by atoms with Crippen LogP contribution in [0.15, 0.2) is 30.3 Å². The third-order valence-electron chi connectivity index (χ3n) is 5.18. The van der Waals surface area contributed by atoms with Crippen molar-refractivity contribution in [1.82, 2.24) is 5.32 Å². The van der Waals surface area contributed by atoms with E-state index < -0.39 is 0 Å². The Hall–Kier alpha value is -0.820. The van der Waals surface area contributed by atoms with Crippen molar-refractivity contribution in [2.75, 3.05) is 0 Å². The summed E-state index contributed by atoms with van der Waals surface area (Å²) in [7, 11) is 0. The molecule has 0 saturated heterocycles. The predicted molar refractivity (Wildman–Crippen MR) is 70.0 cm³/mol. The van der Waals surface area contributed by atoms with Crippen LogP contribution in [0, 0.1) is 11.8 Å². The molecule has 3 fully saturated rings. The van der Waals surface area contributed by atoms with Crippen molar-refractivity contribution >= 4 is 0 Å². The molecule has 1 N–H and O–H groups in total. The molecule has 3 aliphatic rings. The third kappa shape index (κ3) is 1.81. The van der Waals surface area contributed by atoms with E-state index in [-0.39, 0.29) is 0 Å². The van der Waals surface area contributed by atoms with Gasteiger partial charge in [-0.15, -0.1) is 0 Å². The number of hydrogen-bond donors (Lipinski definition) is 1. The van der Waals surface area contributed by atoms with Gasteiger partial charge in [-0.25, -0.2) is 0 Å². The Balaban J connectivity index is 1.37. The smallest absolute Gasteiger partial charge is 0.0145 e. The number of hydrogen-bond acceptors (Lipinski definition) is 1. The fourth-order valence-corrected chi connectivity index (χ4v) is 4.17. The maximum Gasteiger partial charge on any atom is 0.0145 e. The Morgan fingerprint density at radius 2 is 1.76 bits per heavy atom. The van der Waals surface area contributed by atoms with Crippen molar-refractivity contribution < 1.29 is 0 Å². The number of fused-ring (bicyclic) bond motifs is 2. The zero-order valence-electron chi connectivity index (χ0n) is 10.3. The van der Waals surface area contributed by atoms with E-state index in [1.54, 1.807) is 0 Å². The van der Waals surface area contributed by atoms with Crippen LogP contribution in [0.25, 0.3) is 0 Å². The highest BCUT2D eigenvalue weighted by atomic mass is 15.0. The van der Waals surface area contributed by atoms with Gasteiger partial charge in [-0.3, -0.25) is 0 Å². The molecule has 0 radical (unpaired) electrons. The van der Waals surface area contributed by atoms with Gasteiger partial charge in [0.25, 0.3) is 0 Å². The van der Waals surface area contributed by atoms with E-state index in [2.05, 4.69) is 35.6 Å². The van der Waals surface area contributed by atoms with Gasteiger partial charge in [0.2, 0.25) is 0 Å². The Bertz CT molecular complexity index is 399. The van der Waals surface area contributed by atoms with E-state index in [0.717, 1.165) is 29.8 Å². The molecule has 0 amide bonds. The quantitative estimate of drug-likeness (QED) is 0.835. The van der Waals surface area contributed by atoms with Crippen LogP contribution < -0.4 is 5.32 Å². The van der Waals surface area contributed by atoms with Crippen LogP contribution in [0.3, 0.4) is 0 Å². The molecule has 5 atom stereocenters. The van der Waals surface area contributed by atoms with E-state index in [4.69, 9.17) is 0 Å². The molecule has 4 rings (SSSR count). The summed E-state index contributed by atoms with van der Waals surface area (Å²) in [5.41, 5.74) is 1.54. The lowest BCUT2D eigenvalue weighted by molar-refractivity contribution is 0.348. The first-order valence-electron chi connectivity index (χ1n) is 7.21. The Kier molecular flexibility index (Phi) is 2.29. The van der Waals surface area contributed by atoms with Crippen LogP contribution in [0.1, 0.15) is 43.6 Å². The second-order valence-electron chi connectivity index (χ2n) is 6.31. The van der Waals surface area contributed by atoms with Crippen molar-refractivity contribution in [2.45, 2.75) is 50.1 Å². The minimum atomic E-state index is 0.779. The number of benzene rings is 1. The van der Waals surface area contributed by atoms with Crippen molar-refractivity contribution in [2.24, 2.45) is 11.8 Å². The molecule has 2 bridgehead atoms. The second-order valence-corrected chi connectivity index (χ2v) is 6.31. The van der Waals surface area contributed by atoms with Gasteiger partial charge in [-0.05, 0) is 43.1 Å². The van der Waals surface area contributed by atoms with E-state index in [9.17, 15) is 0 Å². The van der Waals surface area contributed by atoms with Crippen molar-refractivity contribution in [3.05, 3.63) is 35.9 Å². The Labute approximate surface area is 104 Å². The molecule has 5 unspecified atom stereocenters. The molecule has 1 aromatic rings. The van der Waals surface area contributed by atoms with Gasteiger partial charge in [0.1, 0.15) is 0 Å². The lowest BCUT2D eigenvalue weighted by atomic mass is 9.95. The topological polar surface area (TPSA) is 12.0 Å². The summed E-state index contributed by atoms with van der Waals surface area (Å²) >= 11 is 0. The summed E-state index contributed by atoms with van der Waals surface area (Å²) in [5, 5.41) is 3.93. The number of rotatable bonds is 3. The fourth-order valence-electron chi connectivity index (χ4n) is 4.17. The first-order chi connectivity index (χ1) is 8.40. The van der Waals surface area contributed by atoms with E-state index >= 15 is 0 Å². The summed E-state index contributed by atoms with van der Waals surface area (Å²) in [4.78, 5) is 0. The van der Waals surface area contributed by atoms with Crippen LogP contribution >= 0.6 is 0 Å². The molecule has 1 nitrogen and oxygen atoms in total. The lowest BCUT2D eigenvalue weighted by Gasteiger charge is -2.23. The van der Waals surface area contributed by atoms with Gasteiger partial charge in [0, 0.05) is 18.0 Å². The average Bonchev–Trinajstić information content (AvgIpc) is 2.82.